The lowest BCUT2D eigenvalue weighted by atomic mass is 9.98. The van der Waals surface area contributed by atoms with E-state index in [9.17, 15) is 0 Å². The second-order valence-electron chi connectivity index (χ2n) is 16.0. The molecule has 64 heavy (non-hydrogen) atoms. The molecule has 0 fully saturated rings. The van der Waals surface area contributed by atoms with Gasteiger partial charge in [0.25, 0.3) is 0 Å². The summed E-state index contributed by atoms with van der Waals surface area (Å²) in [7, 11) is 0. The molecular formula is C55H31N7O2. The lowest BCUT2D eigenvalue weighted by molar-refractivity contribution is 0.666. The number of hydrogen-bond acceptors (Lipinski definition) is 7. The molecule has 298 valence electrons. The van der Waals surface area contributed by atoms with Crippen molar-refractivity contribution >= 4 is 87.7 Å². The first-order valence-corrected chi connectivity index (χ1v) is 21.2. The predicted molar refractivity (Wildman–Crippen MR) is 255 cm³/mol. The maximum Gasteiger partial charge on any atom is 0.236 e. The third-order valence-corrected chi connectivity index (χ3v) is 12.5. The lowest BCUT2D eigenvalue weighted by Crippen LogP contribution is -2.02. The summed E-state index contributed by atoms with van der Waals surface area (Å²) in [6.45, 7) is 0. The number of aromatic nitrogens is 7. The van der Waals surface area contributed by atoms with Crippen LogP contribution in [-0.4, -0.2) is 34.1 Å². The van der Waals surface area contributed by atoms with Crippen molar-refractivity contribution in [2.24, 2.45) is 0 Å². The first-order valence-electron chi connectivity index (χ1n) is 21.2. The van der Waals surface area contributed by atoms with Gasteiger partial charge in [0.15, 0.2) is 11.2 Å². The highest BCUT2D eigenvalue weighted by molar-refractivity contribution is 6.17. The normalized spacial score (nSPS) is 12.1. The maximum atomic E-state index is 6.86. The van der Waals surface area contributed by atoms with E-state index in [0.29, 0.717) is 34.3 Å². The number of para-hydroxylation sites is 4. The molecule has 0 saturated carbocycles. The molecule has 0 N–H and O–H groups in total. The third kappa shape index (κ3) is 4.97. The van der Waals surface area contributed by atoms with Crippen LogP contribution in [0.15, 0.2) is 197 Å². The van der Waals surface area contributed by atoms with E-state index in [2.05, 4.69) is 142 Å². The number of rotatable bonds is 5. The number of fused-ring (bicyclic) bond motifs is 12. The molecule has 14 rings (SSSR count). The van der Waals surface area contributed by atoms with Crippen LogP contribution in [0.25, 0.3) is 133 Å². The molecule has 0 aliphatic carbocycles. The van der Waals surface area contributed by atoms with Crippen LogP contribution in [0, 0.1) is 0 Å². The number of hydrogen-bond donors (Lipinski definition) is 0. The van der Waals surface area contributed by atoms with E-state index in [-0.39, 0.29) is 0 Å². The van der Waals surface area contributed by atoms with Crippen molar-refractivity contribution in [3.8, 4) is 45.5 Å². The van der Waals surface area contributed by atoms with Crippen molar-refractivity contribution in [3.63, 3.8) is 0 Å². The average molecular weight is 822 g/mol. The Balaban J connectivity index is 0.996. The van der Waals surface area contributed by atoms with Crippen LogP contribution in [0.2, 0.25) is 0 Å². The number of benzene rings is 7. The van der Waals surface area contributed by atoms with Gasteiger partial charge in [-0.2, -0.15) is 0 Å². The van der Waals surface area contributed by atoms with Crippen molar-refractivity contribution in [2.45, 2.75) is 0 Å². The largest absolute Gasteiger partial charge is 0.452 e. The summed E-state index contributed by atoms with van der Waals surface area (Å²) in [6.07, 6.45) is 3.56. The molecule has 0 aliphatic rings. The maximum absolute atomic E-state index is 6.86. The third-order valence-electron chi connectivity index (χ3n) is 12.5. The molecule has 9 heteroatoms. The van der Waals surface area contributed by atoms with Gasteiger partial charge in [-0.3, -0.25) is 14.1 Å². The minimum atomic E-state index is 0.565. The Kier molecular flexibility index (Phi) is 7.20. The summed E-state index contributed by atoms with van der Waals surface area (Å²) >= 11 is 0. The lowest BCUT2D eigenvalue weighted by Gasteiger charge is -2.10. The Morgan fingerprint density at radius 2 is 0.875 bits per heavy atom. The van der Waals surface area contributed by atoms with E-state index in [1.807, 2.05) is 48.5 Å². The Bertz CT molecular complexity index is 4150. The van der Waals surface area contributed by atoms with Gasteiger partial charge in [0.2, 0.25) is 11.9 Å². The molecule has 0 radical (unpaired) electrons. The monoisotopic (exact) mass is 821 g/mol. The van der Waals surface area contributed by atoms with E-state index in [0.717, 1.165) is 98.9 Å². The molecular weight excluding hydrogens is 791 g/mol. The highest BCUT2D eigenvalue weighted by atomic mass is 16.3. The first kappa shape index (κ1) is 34.7. The molecule has 14 aromatic rings. The van der Waals surface area contributed by atoms with Crippen LogP contribution < -0.4 is 0 Å². The van der Waals surface area contributed by atoms with Crippen molar-refractivity contribution in [2.75, 3.05) is 0 Å². The highest BCUT2D eigenvalue weighted by Crippen LogP contribution is 2.43. The van der Waals surface area contributed by atoms with Crippen LogP contribution in [0.1, 0.15) is 0 Å². The topological polar surface area (TPSA) is 101 Å². The summed E-state index contributed by atoms with van der Waals surface area (Å²) in [5.74, 6) is 1.13. The number of pyridine rings is 1. The van der Waals surface area contributed by atoms with Gasteiger partial charge < -0.3 is 8.83 Å². The fourth-order valence-corrected chi connectivity index (χ4v) is 9.69. The second kappa shape index (κ2) is 13.3. The van der Waals surface area contributed by atoms with Gasteiger partial charge in [0, 0.05) is 55.8 Å². The van der Waals surface area contributed by atoms with Crippen LogP contribution >= 0.6 is 0 Å². The molecule has 0 spiro atoms. The minimum absolute atomic E-state index is 0.565. The van der Waals surface area contributed by atoms with Gasteiger partial charge in [0.1, 0.15) is 33.6 Å². The second-order valence-corrected chi connectivity index (χ2v) is 16.0. The quantitative estimate of drug-likeness (QED) is 0.170. The van der Waals surface area contributed by atoms with Crippen molar-refractivity contribution in [3.05, 3.63) is 188 Å². The predicted octanol–water partition coefficient (Wildman–Crippen LogP) is 13.7. The first-order chi connectivity index (χ1) is 31.7. The van der Waals surface area contributed by atoms with Gasteiger partial charge in [-0.1, -0.05) is 115 Å². The van der Waals surface area contributed by atoms with E-state index < -0.39 is 0 Å². The Morgan fingerprint density at radius 1 is 0.359 bits per heavy atom. The Hall–Kier alpha value is -8.95. The highest BCUT2D eigenvalue weighted by Gasteiger charge is 2.24. The van der Waals surface area contributed by atoms with E-state index >= 15 is 0 Å². The molecule has 0 aliphatic heterocycles. The van der Waals surface area contributed by atoms with E-state index in [1.54, 1.807) is 12.4 Å². The van der Waals surface area contributed by atoms with Crippen molar-refractivity contribution in [1.29, 1.82) is 0 Å². The SMILES string of the molecule is c1ccc(-c2nc(-n3c4ccccc4c4c(-c5ccc6c(c5)oc5c(-c7ccncc7)nc(-n7c8ccccc8c8ccccc87)nc56)cccc43)nc3c2oc2ccccc23)cc1. The molecule has 0 amide bonds. The Labute approximate surface area is 363 Å². The van der Waals surface area contributed by atoms with Gasteiger partial charge in [0.05, 0.1) is 22.1 Å². The number of furan rings is 2. The zero-order chi connectivity index (χ0) is 41.9. The van der Waals surface area contributed by atoms with Crippen molar-refractivity contribution < 1.29 is 8.83 Å². The zero-order valence-corrected chi connectivity index (χ0v) is 33.8. The fourth-order valence-electron chi connectivity index (χ4n) is 9.69. The fraction of sp³-hybridized carbons (Fsp3) is 0. The van der Waals surface area contributed by atoms with E-state index in [1.165, 1.54) is 0 Å². The van der Waals surface area contributed by atoms with Gasteiger partial charge in [-0.15, -0.1) is 0 Å². The molecule has 0 unspecified atom stereocenters. The van der Waals surface area contributed by atoms with Crippen LogP contribution in [-0.2, 0) is 0 Å². The summed E-state index contributed by atoms with van der Waals surface area (Å²) in [4.78, 5) is 25.4. The van der Waals surface area contributed by atoms with Crippen molar-refractivity contribution in [1.82, 2.24) is 34.1 Å². The van der Waals surface area contributed by atoms with Gasteiger partial charge >= 0.3 is 0 Å². The summed E-state index contributed by atoms with van der Waals surface area (Å²) in [5.41, 5.74) is 13.7. The average Bonchev–Trinajstić information content (AvgIpc) is 4.11. The molecule has 7 aromatic heterocycles. The smallest absolute Gasteiger partial charge is 0.236 e. The number of nitrogens with zero attached hydrogens (tertiary/aromatic N) is 7. The van der Waals surface area contributed by atoms with Crippen LogP contribution in [0.4, 0.5) is 0 Å². The molecule has 0 saturated heterocycles. The van der Waals surface area contributed by atoms with Gasteiger partial charge in [-0.05, 0) is 71.8 Å². The van der Waals surface area contributed by atoms with Gasteiger partial charge in [-0.25, -0.2) is 19.9 Å². The molecule has 7 heterocycles. The van der Waals surface area contributed by atoms with Crippen LogP contribution in [0.3, 0.4) is 0 Å². The zero-order valence-electron chi connectivity index (χ0n) is 33.8. The molecule has 0 bridgehead atoms. The Morgan fingerprint density at radius 3 is 1.56 bits per heavy atom. The van der Waals surface area contributed by atoms with E-state index in [4.69, 9.17) is 28.8 Å². The summed E-state index contributed by atoms with van der Waals surface area (Å²) in [6, 6.07) is 60.3. The standard InChI is InChI=1S/C55H31N7O2/c1-2-13-32(14-3-1)48-52-50(39-18-7-11-24-45(39)63-52)59-55(57-48)62-43-22-10-6-17-38(43)47-35(19-12-23-44(47)62)34-25-26-40-46(31-34)64-53-49(33-27-29-56-30-28-33)58-54(60-51(40)53)61-41-20-8-4-15-36(41)37-16-5-9-21-42(37)61/h1-31H. The molecule has 7 aromatic carbocycles. The minimum Gasteiger partial charge on any atom is -0.452 e. The molecule has 9 nitrogen and oxygen atoms in total. The summed E-state index contributed by atoms with van der Waals surface area (Å²) in [5, 5.41) is 6.29. The summed E-state index contributed by atoms with van der Waals surface area (Å²) < 4.78 is 17.6. The van der Waals surface area contributed by atoms with Crippen LogP contribution in [0.5, 0.6) is 0 Å². The molecule has 0 atom stereocenters.